The van der Waals surface area contributed by atoms with Crippen LogP contribution in [0.15, 0.2) is 41.6 Å². The third kappa shape index (κ3) is 2.28. The molecular formula is C15H14N4O4. The molecule has 8 nitrogen and oxygen atoms in total. The molecule has 0 saturated heterocycles. The number of primary amides is 1. The Balaban J connectivity index is 2.74. The number of hydrogen-bond donors (Lipinski definition) is 2. The molecule has 1 aliphatic heterocycles. The fourth-order valence-corrected chi connectivity index (χ4v) is 2.58. The molecule has 0 aromatic heterocycles. The van der Waals surface area contributed by atoms with E-state index in [4.69, 9.17) is 10.5 Å². The molecule has 0 aliphatic carbocycles. The molecule has 1 aromatic rings. The Morgan fingerprint density at radius 2 is 1.96 bits per heavy atom. The second-order valence-corrected chi connectivity index (χ2v) is 4.80. The first-order valence-electron chi connectivity index (χ1n) is 6.57. The number of urea groups is 1. The maximum Gasteiger partial charge on any atom is 0.338 e. The predicted molar refractivity (Wildman–Crippen MR) is 78.0 cm³/mol. The van der Waals surface area contributed by atoms with E-state index in [1.807, 2.05) is 6.07 Å². The van der Waals surface area contributed by atoms with Crippen LogP contribution in [0, 0.1) is 11.3 Å². The van der Waals surface area contributed by atoms with Crippen LogP contribution in [-0.2, 0) is 19.7 Å². The van der Waals surface area contributed by atoms with E-state index in [9.17, 15) is 19.6 Å². The summed E-state index contributed by atoms with van der Waals surface area (Å²) in [5.41, 5.74) is 5.46. The van der Waals surface area contributed by atoms with E-state index in [2.05, 4.69) is 5.43 Å². The van der Waals surface area contributed by atoms with Gasteiger partial charge in [0, 0.05) is 0 Å². The van der Waals surface area contributed by atoms with Crippen LogP contribution in [0.4, 0.5) is 4.79 Å². The van der Waals surface area contributed by atoms with Crippen molar-refractivity contribution in [1.29, 1.82) is 5.26 Å². The molecule has 1 atom stereocenters. The number of carbonyl (C=O) groups is 3. The van der Waals surface area contributed by atoms with Gasteiger partial charge in [0.05, 0.1) is 24.4 Å². The molecule has 8 heteroatoms. The van der Waals surface area contributed by atoms with Gasteiger partial charge in [-0.05, 0) is 12.5 Å². The van der Waals surface area contributed by atoms with Crippen LogP contribution in [-0.4, -0.2) is 30.0 Å². The number of esters is 1. The van der Waals surface area contributed by atoms with Gasteiger partial charge in [-0.2, -0.15) is 5.26 Å². The number of carbonyl (C=O) groups excluding carboxylic acids is 3. The largest absolute Gasteiger partial charge is 0.466 e. The van der Waals surface area contributed by atoms with Crippen molar-refractivity contribution >= 4 is 17.9 Å². The molecule has 1 aromatic carbocycles. The van der Waals surface area contributed by atoms with Crippen molar-refractivity contribution in [2.45, 2.75) is 12.3 Å². The van der Waals surface area contributed by atoms with Gasteiger partial charge < -0.3 is 10.5 Å². The Hall–Kier alpha value is -3.34. The lowest BCUT2D eigenvalue weighted by Gasteiger charge is -2.23. The second kappa shape index (κ2) is 5.81. The molecule has 2 rings (SSSR count). The van der Waals surface area contributed by atoms with Crippen molar-refractivity contribution in [2.75, 3.05) is 7.11 Å². The van der Waals surface area contributed by atoms with E-state index >= 15 is 0 Å². The van der Waals surface area contributed by atoms with Crippen LogP contribution < -0.4 is 11.2 Å². The summed E-state index contributed by atoms with van der Waals surface area (Å²) in [5, 5.41) is 10.5. The maximum atomic E-state index is 12.8. The Morgan fingerprint density at radius 1 is 1.35 bits per heavy atom. The van der Waals surface area contributed by atoms with Crippen LogP contribution in [0.1, 0.15) is 12.5 Å². The highest BCUT2D eigenvalue weighted by molar-refractivity contribution is 6.11. The van der Waals surface area contributed by atoms with Crippen LogP contribution in [0.3, 0.4) is 0 Å². The molecular weight excluding hydrogens is 300 g/mol. The molecule has 118 valence electrons. The summed E-state index contributed by atoms with van der Waals surface area (Å²) >= 11 is 0. The molecule has 0 fully saturated rings. The number of allylic oxidation sites excluding steroid dienone is 1. The Kier molecular flexibility index (Phi) is 4.05. The second-order valence-electron chi connectivity index (χ2n) is 4.80. The first kappa shape index (κ1) is 16.0. The summed E-state index contributed by atoms with van der Waals surface area (Å²) < 4.78 is 4.71. The monoisotopic (exact) mass is 314 g/mol. The highest BCUT2D eigenvalue weighted by Crippen LogP contribution is 2.42. The van der Waals surface area contributed by atoms with Crippen molar-refractivity contribution in [2.24, 2.45) is 5.73 Å². The highest BCUT2D eigenvalue weighted by atomic mass is 16.5. The van der Waals surface area contributed by atoms with Gasteiger partial charge >= 0.3 is 12.0 Å². The number of nitrogens with one attached hydrogen (secondary N) is 1. The van der Waals surface area contributed by atoms with Crippen molar-refractivity contribution < 1.29 is 19.1 Å². The predicted octanol–water partition coefficient (Wildman–Crippen LogP) is 0.320. The van der Waals surface area contributed by atoms with Crippen molar-refractivity contribution in [3.63, 3.8) is 0 Å². The lowest BCUT2D eigenvalue weighted by atomic mass is 9.76. The van der Waals surface area contributed by atoms with Crippen molar-refractivity contribution in [3.05, 3.63) is 47.2 Å². The summed E-state index contributed by atoms with van der Waals surface area (Å²) in [6.07, 6.45) is 0. The van der Waals surface area contributed by atoms with Gasteiger partial charge in [0.25, 0.3) is 5.91 Å². The van der Waals surface area contributed by atoms with E-state index in [0.29, 0.717) is 5.56 Å². The van der Waals surface area contributed by atoms with E-state index in [0.717, 1.165) is 12.1 Å². The van der Waals surface area contributed by atoms with E-state index in [-0.39, 0.29) is 11.3 Å². The number of methoxy groups -OCH3 is 1. The minimum absolute atomic E-state index is 0.0750. The number of hydrazine groups is 1. The minimum atomic E-state index is -1.92. The fraction of sp³-hybridized carbons (Fsp3) is 0.200. The Labute approximate surface area is 132 Å². The smallest absolute Gasteiger partial charge is 0.338 e. The number of amides is 3. The van der Waals surface area contributed by atoms with E-state index in [1.54, 1.807) is 30.3 Å². The summed E-state index contributed by atoms with van der Waals surface area (Å²) in [7, 11) is 1.14. The third-order valence-corrected chi connectivity index (χ3v) is 3.58. The molecule has 0 saturated carbocycles. The average molecular weight is 314 g/mol. The molecule has 23 heavy (non-hydrogen) atoms. The van der Waals surface area contributed by atoms with Crippen molar-refractivity contribution in [3.8, 4) is 6.07 Å². The summed E-state index contributed by atoms with van der Waals surface area (Å²) in [6, 6.07) is 8.98. The van der Waals surface area contributed by atoms with Crippen LogP contribution in [0.25, 0.3) is 0 Å². The normalized spacial score (nSPS) is 20.2. The first-order chi connectivity index (χ1) is 10.9. The Morgan fingerprint density at radius 3 is 2.43 bits per heavy atom. The van der Waals surface area contributed by atoms with Gasteiger partial charge in [0.2, 0.25) is 0 Å². The quantitative estimate of drug-likeness (QED) is 0.777. The van der Waals surface area contributed by atoms with Crippen LogP contribution >= 0.6 is 0 Å². The standard InChI is InChI=1S/C15H14N4O4/c1-9-11(12(20)23-2)15(8-16,10-6-4-3-5-7-10)13(21)19(9)18-14(17)22/h3-7H,1-2H3,(H3,17,18,22). The van der Waals surface area contributed by atoms with Gasteiger partial charge in [-0.3, -0.25) is 4.79 Å². The summed E-state index contributed by atoms with van der Waals surface area (Å²) in [4.78, 5) is 36.1. The molecule has 0 radical (unpaired) electrons. The topological polar surface area (TPSA) is 126 Å². The van der Waals surface area contributed by atoms with Gasteiger partial charge in [0.1, 0.15) is 0 Å². The SMILES string of the molecule is COC(=O)C1=C(C)N(NC(N)=O)C(=O)C1(C#N)c1ccccc1. The zero-order valence-corrected chi connectivity index (χ0v) is 12.5. The lowest BCUT2D eigenvalue weighted by Crippen LogP contribution is -2.50. The number of hydrogen-bond acceptors (Lipinski definition) is 5. The van der Waals surface area contributed by atoms with Gasteiger partial charge in [-0.1, -0.05) is 30.3 Å². The van der Waals surface area contributed by atoms with Crippen molar-refractivity contribution in [1.82, 2.24) is 10.4 Å². The van der Waals surface area contributed by atoms with Gasteiger partial charge in [-0.15, -0.1) is 0 Å². The molecule has 1 unspecified atom stereocenters. The van der Waals surface area contributed by atoms with E-state index < -0.39 is 23.3 Å². The zero-order valence-electron chi connectivity index (χ0n) is 12.5. The summed E-state index contributed by atoms with van der Waals surface area (Å²) in [6.45, 7) is 1.42. The number of nitrogens with zero attached hydrogens (tertiary/aromatic N) is 2. The van der Waals surface area contributed by atoms with Crippen LogP contribution in [0.2, 0.25) is 0 Å². The Bertz CT molecular complexity index is 750. The highest BCUT2D eigenvalue weighted by Gasteiger charge is 2.57. The molecule has 3 N–H and O–H groups in total. The lowest BCUT2D eigenvalue weighted by molar-refractivity contribution is -0.138. The molecule has 0 bridgehead atoms. The maximum absolute atomic E-state index is 12.8. The van der Waals surface area contributed by atoms with E-state index in [1.165, 1.54) is 6.92 Å². The zero-order chi connectivity index (χ0) is 17.2. The minimum Gasteiger partial charge on any atom is -0.466 e. The molecule has 3 amide bonds. The first-order valence-corrected chi connectivity index (χ1v) is 6.57. The average Bonchev–Trinajstić information content (AvgIpc) is 2.76. The van der Waals surface area contributed by atoms with Crippen LogP contribution in [0.5, 0.6) is 0 Å². The number of benzene rings is 1. The molecule has 1 heterocycles. The van der Waals surface area contributed by atoms with Gasteiger partial charge in [-0.25, -0.2) is 20.0 Å². The number of rotatable bonds is 3. The fourth-order valence-electron chi connectivity index (χ4n) is 2.58. The third-order valence-electron chi connectivity index (χ3n) is 3.58. The molecule has 0 spiro atoms. The number of nitriles is 1. The molecule has 1 aliphatic rings. The summed E-state index contributed by atoms with van der Waals surface area (Å²) in [5.74, 6) is -1.64. The number of nitrogens with two attached hydrogens (primary N) is 1. The number of ether oxygens (including phenoxy) is 1. The van der Waals surface area contributed by atoms with Gasteiger partial charge in [0.15, 0.2) is 5.41 Å².